The summed E-state index contributed by atoms with van der Waals surface area (Å²) in [5, 5.41) is 0. The molecule has 0 radical (unpaired) electrons. The first kappa shape index (κ1) is 13.1. The van der Waals surface area contributed by atoms with E-state index in [0.29, 0.717) is 5.78 Å². The number of anilines is 1. The van der Waals surface area contributed by atoms with E-state index < -0.39 is 0 Å². The third-order valence-corrected chi connectivity index (χ3v) is 3.69. The van der Waals surface area contributed by atoms with Crippen molar-refractivity contribution in [3.8, 4) is 0 Å². The number of halogens is 1. The Balaban J connectivity index is 1.99. The second-order valence-corrected chi connectivity index (χ2v) is 5.12. The number of benzene rings is 1. The molecule has 98 valence electrons. The topological polar surface area (TPSA) is 20.3 Å². The first-order chi connectivity index (χ1) is 8.66. The van der Waals surface area contributed by atoms with Crippen LogP contribution in [0.3, 0.4) is 0 Å². The first-order valence-electron chi connectivity index (χ1n) is 6.66. The van der Waals surface area contributed by atoms with Gasteiger partial charge in [-0.1, -0.05) is 12.8 Å². The number of nitrogens with zero attached hydrogens (tertiary/aromatic N) is 1. The van der Waals surface area contributed by atoms with E-state index in [0.717, 1.165) is 37.9 Å². The van der Waals surface area contributed by atoms with E-state index in [1.54, 1.807) is 12.1 Å². The van der Waals surface area contributed by atoms with Gasteiger partial charge in [0, 0.05) is 31.6 Å². The van der Waals surface area contributed by atoms with Gasteiger partial charge >= 0.3 is 0 Å². The fourth-order valence-corrected chi connectivity index (χ4v) is 2.56. The molecule has 1 unspecified atom stereocenters. The Labute approximate surface area is 108 Å². The zero-order valence-corrected chi connectivity index (χ0v) is 10.9. The maximum Gasteiger partial charge on any atom is 0.137 e. The minimum atomic E-state index is -0.224. The van der Waals surface area contributed by atoms with Crippen LogP contribution in [0.4, 0.5) is 10.1 Å². The van der Waals surface area contributed by atoms with E-state index in [1.807, 2.05) is 11.9 Å². The lowest BCUT2D eigenvalue weighted by Crippen LogP contribution is -2.29. The molecule has 0 bridgehead atoms. The summed E-state index contributed by atoms with van der Waals surface area (Å²) in [6.45, 7) is 0.741. The molecule has 0 heterocycles. The third kappa shape index (κ3) is 3.31. The van der Waals surface area contributed by atoms with Crippen molar-refractivity contribution >= 4 is 11.5 Å². The van der Waals surface area contributed by atoms with Gasteiger partial charge < -0.3 is 4.90 Å². The average Bonchev–Trinajstić information content (AvgIpc) is 2.56. The fraction of sp³-hybridized carbons (Fsp3) is 0.533. The lowest BCUT2D eigenvalue weighted by Gasteiger charge is -2.24. The summed E-state index contributed by atoms with van der Waals surface area (Å²) in [5.74, 6) is 0.307. The van der Waals surface area contributed by atoms with Crippen LogP contribution in [0.5, 0.6) is 0 Å². The van der Waals surface area contributed by atoms with Gasteiger partial charge in [-0.2, -0.15) is 0 Å². The zero-order chi connectivity index (χ0) is 13.0. The molecule has 2 nitrogen and oxygen atoms in total. The first-order valence-corrected chi connectivity index (χ1v) is 6.66. The second kappa shape index (κ2) is 5.98. The van der Waals surface area contributed by atoms with Gasteiger partial charge in [0.2, 0.25) is 0 Å². The normalized spacial score (nSPS) is 20.6. The number of ketones is 1. The average molecular weight is 249 g/mol. The molecule has 3 heteroatoms. The van der Waals surface area contributed by atoms with Crippen molar-refractivity contribution in [1.82, 2.24) is 0 Å². The van der Waals surface area contributed by atoms with Crippen molar-refractivity contribution in [3.63, 3.8) is 0 Å². The van der Waals surface area contributed by atoms with Crippen molar-refractivity contribution in [2.45, 2.75) is 32.1 Å². The number of hydrogen-bond acceptors (Lipinski definition) is 2. The molecular weight excluding hydrogens is 229 g/mol. The van der Waals surface area contributed by atoms with Gasteiger partial charge in [-0.25, -0.2) is 4.39 Å². The molecular formula is C15H20FNO. The summed E-state index contributed by atoms with van der Waals surface area (Å²) in [5.41, 5.74) is 0.966. The molecule has 1 aromatic rings. The molecule has 1 aliphatic rings. The Hall–Kier alpha value is -1.38. The van der Waals surface area contributed by atoms with Crippen molar-refractivity contribution in [3.05, 3.63) is 30.1 Å². The van der Waals surface area contributed by atoms with Gasteiger partial charge in [-0.3, -0.25) is 4.79 Å². The summed E-state index contributed by atoms with van der Waals surface area (Å²) < 4.78 is 12.9. The van der Waals surface area contributed by atoms with Crippen LogP contribution < -0.4 is 4.90 Å². The lowest BCUT2D eigenvalue weighted by atomic mass is 9.98. The van der Waals surface area contributed by atoms with Crippen LogP contribution in [0.1, 0.15) is 32.1 Å². The van der Waals surface area contributed by atoms with E-state index in [4.69, 9.17) is 0 Å². The highest BCUT2D eigenvalue weighted by Crippen LogP contribution is 2.23. The Morgan fingerprint density at radius 3 is 2.67 bits per heavy atom. The zero-order valence-electron chi connectivity index (χ0n) is 10.9. The number of carbonyl (C=O) groups excluding carboxylic acids is 1. The van der Waals surface area contributed by atoms with Crippen LogP contribution in [-0.2, 0) is 4.79 Å². The maximum absolute atomic E-state index is 12.9. The van der Waals surface area contributed by atoms with E-state index in [1.165, 1.54) is 18.6 Å². The van der Waals surface area contributed by atoms with Gasteiger partial charge in [0.1, 0.15) is 11.6 Å². The van der Waals surface area contributed by atoms with Crippen LogP contribution in [0.2, 0.25) is 0 Å². The fourth-order valence-electron chi connectivity index (χ4n) is 2.56. The summed E-state index contributed by atoms with van der Waals surface area (Å²) in [7, 11) is 1.96. The van der Waals surface area contributed by atoms with Crippen molar-refractivity contribution < 1.29 is 9.18 Å². The van der Waals surface area contributed by atoms with Gasteiger partial charge in [-0.15, -0.1) is 0 Å². The Morgan fingerprint density at radius 2 is 1.94 bits per heavy atom. The molecule has 1 atom stereocenters. The number of carbonyl (C=O) groups is 1. The van der Waals surface area contributed by atoms with Crippen LogP contribution in [0.25, 0.3) is 0 Å². The number of hydrogen-bond donors (Lipinski definition) is 0. The van der Waals surface area contributed by atoms with Gasteiger partial charge in [0.15, 0.2) is 0 Å². The van der Waals surface area contributed by atoms with E-state index in [9.17, 15) is 9.18 Å². The van der Waals surface area contributed by atoms with Gasteiger partial charge in [0.05, 0.1) is 0 Å². The molecule has 0 N–H and O–H groups in total. The molecule has 1 saturated carbocycles. The summed E-state index contributed by atoms with van der Waals surface area (Å²) in [6.07, 6.45) is 5.07. The minimum Gasteiger partial charge on any atom is -0.374 e. The molecule has 0 spiro atoms. The molecule has 0 aliphatic heterocycles. The largest absolute Gasteiger partial charge is 0.374 e. The standard InChI is InChI=1S/C15H20FNO/c1-17(14-9-7-13(16)8-10-14)11-12-5-3-2-4-6-15(12)18/h7-10,12H,2-6,11H2,1H3. The summed E-state index contributed by atoms with van der Waals surface area (Å²) in [4.78, 5) is 14.0. The highest BCUT2D eigenvalue weighted by Gasteiger charge is 2.22. The molecule has 1 aromatic carbocycles. The Bertz CT molecular complexity index is 401. The molecule has 0 aromatic heterocycles. The predicted octanol–water partition coefficient (Wildman–Crippen LogP) is 3.41. The van der Waals surface area contributed by atoms with Gasteiger partial charge in [-0.05, 0) is 37.1 Å². The van der Waals surface area contributed by atoms with Crippen LogP contribution >= 0.6 is 0 Å². The second-order valence-electron chi connectivity index (χ2n) is 5.12. The number of Topliss-reactive ketones (excluding diaryl/α,β-unsaturated/α-hetero) is 1. The molecule has 1 fully saturated rings. The summed E-state index contributed by atoms with van der Waals surface area (Å²) >= 11 is 0. The maximum atomic E-state index is 12.9. The molecule has 18 heavy (non-hydrogen) atoms. The van der Waals surface area contributed by atoms with Gasteiger partial charge in [0.25, 0.3) is 0 Å². The van der Waals surface area contributed by atoms with Crippen LogP contribution in [0, 0.1) is 11.7 Å². The highest BCUT2D eigenvalue weighted by molar-refractivity contribution is 5.81. The lowest BCUT2D eigenvalue weighted by molar-refractivity contribution is -0.122. The van der Waals surface area contributed by atoms with Crippen molar-refractivity contribution in [2.24, 2.45) is 5.92 Å². The van der Waals surface area contributed by atoms with E-state index in [2.05, 4.69) is 0 Å². The summed E-state index contributed by atoms with van der Waals surface area (Å²) in [6, 6.07) is 6.44. The Kier molecular flexibility index (Phi) is 4.34. The SMILES string of the molecule is CN(CC1CCCCCC1=O)c1ccc(F)cc1. The van der Waals surface area contributed by atoms with Crippen molar-refractivity contribution in [1.29, 1.82) is 0 Å². The quantitative estimate of drug-likeness (QED) is 0.765. The monoisotopic (exact) mass is 249 g/mol. The van der Waals surface area contributed by atoms with E-state index >= 15 is 0 Å². The molecule has 0 saturated heterocycles. The predicted molar refractivity (Wildman–Crippen MR) is 71.3 cm³/mol. The van der Waals surface area contributed by atoms with Crippen molar-refractivity contribution in [2.75, 3.05) is 18.5 Å². The number of rotatable bonds is 3. The molecule has 2 rings (SSSR count). The molecule has 1 aliphatic carbocycles. The smallest absolute Gasteiger partial charge is 0.137 e. The van der Waals surface area contributed by atoms with Crippen LogP contribution in [-0.4, -0.2) is 19.4 Å². The van der Waals surface area contributed by atoms with E-state index in [-0.39, 0.29) is 11.7 Å². The Morgan fingerprint density at radius 1 is 1.22 bits per heavy atom. The van der Waals surface area contributed by atoms with Crippen LogP contribution in [0.15, 0.2) is 24.3 Å². The molecule has 0 amide bonds. The minimum absolute atomic E-state index is 0.141. The third-order valence-electron chi connectivity index (χ3n) is 3.69. The highest BCUT2D eigenvalue weighted by atomic mass is 19.1.